The number of aryl methyl sites for hydroxylation is 1. The Hall–Kier alpha value is -0.530. The van der Waals surface area contributed by atoms with Crippen LogP contribution in [0, 0.1) is 6.92 Å². The van der Waals surface area contributed by atoms with Gasteiger partial charge in [0, 0.05) is 31.1 Å². The van der Waals surface area contributed by atoms with Gasteiger partial charge in [0.25, 0.3) is 0 Å². The first kappa shape index (κ1) is 17.5. The highest BCUT2D eigenvalue weighted by molar-refractivity contribution is 7.09. The van der Waals surface area contributed by atoms with E-state index in [1.807, 2.05) is 19.4 Å². The van der Waals surface area contributed by atoms with Gasteiger partial charge in [-0.25, -0.2) is 4.98 Å². The lowest BCUT2D eigenvalue weighted by molar-refractivity contribution is 0.0382. The largest absolute Gasteiger partial charge is 0.389 e. The van der Waals surface area contributed by atoms with E-state index in [2.05, 4.69) is 10.3 Å². The van der Waals surface area contributed by atoms with E-state index in [9.17, 15) is 5.11 Å². The summed E-state index contributed by atoms with van der Waals surface area (Å²) >= 11 is 1.65. The zero-order valence-corrected chi connectivity index (χ0v) is 13.2. The van der Waals surface area contributed by atoms with Gasteiger partial charge >= 0.3 is 0 Å². The van der Waals surface area contributed by atoms with Crippen LogP contribution in [0.4, 0.5) is 0 Å². The van der Waals surface area contributed by atoms with E-state index in [1.54, 1.807) is 11.3 Å². The van der Waals surface area contributed by atoms with E-state index in [-0.39, 0.29) is 0 Å². The number of hydrogen-bond acceptors (Lipinski definition) is 6. The van der Waals surface area contributed by atoms with Gasteiger partial charge in [-0.15, -0.1) is 11.3 Å². The number of nitrogens with one attached hydrogen (secondary N) is 1. The fourth-order valence-corrected chi connectivity index (χ4v) is 2.48. The van der Waals surface area contributed by atoms with Gasteiger partial charge in [0.1, 0.15) is 0 Å². The summed E-state index contributed by atoms with van der Waals surface area (Å²) in [5.74, 6) is 0. The zero-order valence-electron chi connectivity index (χ0n) is 12.4. The quantitative estimate of drug-likeness (QED) is 0.571. The predicted octanol–water partition coefficient (Wildman–Crippen LogP) is 1.39. The van der Waals surface area contributed by atoms with Crippen LogP contribution >= 0.6 is 11.3 Å². The van der Waals surface area contributed by atoms with Crippen molar-refractivity contribution >= 4 is 11.3 Å². The molecule has 0 amide bonds. The standard InChI is InChI=1S/C14H26N2O3S/c1-3-18-7-4-6-15-9-13(17)10-19-8-5-14-12(2)16-11-20-14/h11,13,15,17H,3-10H2,1-2H3. The Balaban J connectivity index is 1.92. The Morgan fingerprint density at radius 1 is 1.40 bits per heavy atom. The van der Waals surface area contributed by atoms with Crippen molar-refractivity contribution < 1.29 is 14.6 Å². The average Bonchev–Trinajstić information content (AvgIpc) is 2.84. The highest BCUT2D eigenvalue weighted by Crippen LogP contribution is 2.12. The molecule has 0 saturated carbocycles. The Kier molecular flexibility index (Phi) is 9.78. The van der Waals surface area contributed by atoms with E-state index in [0.717, 1.165) is 38.3 Å². The van der Waals surface area contributed by atoms with Gasteiger partial charge < -0.3 is 19.9 Å². The molecule has 0 radical (unpaired) electrons. The molecule has 20 heavy (non-hydrogen) atoms. The molecule has 1 rings (SSSR count). The zero-order chi connectivity index (χ0) is 14.6. The number of thiazole rings is 1. The maximum absolute atomic E-state index is 9.74. The van der Waals surface area contributed by atoms with E-state index in [0.29, 0.717) is 19.8 Å². The molecule has 0 aliphatic carbocycles. The molecule has 0 saturated heterocycles. The topological polar surface area (TPSA) is 63.6 Å². The molecule has 6 heteroatoms. The van der Waals surface area contributed by atoms with Crippen LogP contribution in [0.1, 0.15) is 23.9 Å². The summed E-state index contributed by atoms with van der Waals surface area (Å²) in [7, 11) is 0. The first-order valence-corrected chi connectivity index (χ1v) is 8.05. The fourth-order valence-electron chi connectivity index (χ4n) is 1.72. The fraction of sp³-hybridized carbons (Fsp3) is 0.786. The third-order valence-corrected chi connectivity index (χ3v) is 3.85. The maximum atomic E-state index is 9.74. The second-order valence-electron chi connectivity index (χ2n) is 4.59. The molecule has 1 heterocycles. The van der Waals surface area contributed by atoms with Crippen LogP contribution in [0.3, 0.4) is 0 Å². The van der Waals surface area contributed by atoms with Crippen molar-refractivity contribution in [3.63, 3.8) is 0 Å². The normalized spacial score (nSPS) is 12.8. The Morgan fingerprint density at radius 3 is 2.95 bits per heavy atom. The van der Waals surface area contributed by atoms with Crippen LogP contribution in [0.25, 0.3) is 0 Å². The Morgan fingerprint density at radius 2 is 2.25 bits per heavy atom. The van der Waals surface area contributed by atoms with Crippen LogP contribution in [0.2, 0.25) is 0 Å². The Bertz CT molecular complexity index is 347. The van der Waals surface area contributed by atoms with Gasteiger partial charge in [0.15, 0.2) is 0 Å². The van der Waals surface area contributed by atoms with Crippen LogP contribution < -0.4 is 5.32 Å². The van der Waals surface area contributed by atoms with Crippen LogP contribution in [-0.2, 0) is 15.9 Å². The molecule has 1 aromatic rings. The first-order chi connectivity index (χ1) is 9.74. The van der Waals surface area contributed by atoms with Crippen molar-refractivity contribution in [2.75, 3.05) is 39.5 Å². The second-order valence-corrected chi connectivity index (χ2v) is 5.53. The molecule has 0 aliphatic rings. The molecule has 0 fully saturated rings. The lowest BCUT2D eigenvalue weighted by Crippen LogP contribution is -2.31. The molecule has 0 aliphatic heterocycles. The summed E-state index contributed by atoms with van der Waals surface area (Å²) in [6.07, 6.45) is 1.38. The van der Waals surface area contributed by atoms with Crippen molar-refractivity contribution in [2.24, 2.45) is 0 Å². The van der Waals surface area contributed by atoms with Gasteiger partial charge in [-0.3, -0.25) is 0 Å². The van der Waals surface area contributed by atoms with E-state index in [1.165, 1.54) is 4.88 Å². The Labute approximate surface area is 125 Å². The summed E-state index contributed by atoms with van der Waals surface area (Å²) in [5, 5.41) is 12.9. The molecule has 1 aromatic heterocycles. The third-order valence-electron chi connectivity index (χ3n) is 2.85. The van der Waals surface area contributed by atoms with E-state index in [4.69, 9.17) is 9.47 Å². The highest BCUT2D eigenvalue weighted by Gasteiger charge is 2.05. The maximum Gasteiger partial charge on any atom is 0.0897 e. The number of ether oxygens (including phenoxy) is 2. The number of aromatic nitrogens is 1. The van der Waals surface area contributed by atoms with Crippen LogP contribution in [0.5, 0.6) is 0 Å². The number of hydrogen-bond donors (Lipinski definition) is 2. The van der Waals surface area contributed by atoms with Gasteiger partial charge in [0.05, 0.1) is 30.5 Å². The van der Waals surface area contributed by atoms with Crippen molar-refractivity contribution in [2.45, 2.75) is 32.8 Å². The van der Waals surface area contributed by atoms with E-state index >= 15 is 0 Å². The molecule has 0 aromatic carbocycles. The third kappa shape index (κ3) is 7.91. The van der Waals surface area contributed by atoms with E-state index < -0.39 is 6.10 Å². The highest BCUT2D eigenvalue weighted by atomic mass is 32.1. The number of nitrogens with zero attached hydrogens (tertiary/aromatic N) is 1. The van der Waals surface area contributed by atoms with Gasteiger partial charge in [-0.2, -0.15) is 0 Å². The number of aliphatic hydroxyl groups excluding tert-OH is 1. The molecule has 5 nitrogen and oxygen atoms in total. The minimum atomic E-state index is -0.454. The average molecular weight is 302 g/mol. The van der Waals surface area contributed by atoms with Gasteiger partial charge in [0.2, 0.25) is 0 Å². The van der Waals surface area contributed by atoms with Crippen molar-refractivity contribution in [1.82, 2.24) is 10.3 Å². The molecule has 0 spiro atoms. The lowest BCUT2D eigenvalue weighted by atomic mass is 10.3. The van der Waals surface area contributed by atoms with Gasteiger partial charge in [-0.1, -0.05) is 0 Å². The SMILES string of the molecule is CCOCCCNCC(O)COCCc1scnc1C. The summed E-state index contributed by atoms with van der Waals surface area (Å²) in [6, 6.07) is 0. The van der Waals surface area contributed by atoms with Crippen molar-refractivity contribution in [1.29, 1.82) is 0 Å². The molecule has 0 bridgehead atoms. The van der Waals surface area contributed by atoms with Crippen LogP contribution in [0.15, 0.2) is 5.51 Å². The van der Waals surface area contributed by atoms with Crippen LogP contribution in [-0.4, -0.2) is 55.7 Å². The number of aliphatic hydroxyl groups is 1. The van der Waals surface area contributed by atoms with Crippen molar-refractivity contribution in [3.8, 4) is 0 Å². The molecular formula is C14H26N2O3S. The minimum absolute atomic E-state index is 0.371. The molecule has 2 N–H and O–H groups in total. The number of rotatable bonds is 12. The molecular weight excluding hydrogens is 276 g/mol. The summed E-state index contributed by atoms with van der Waals surface area (Å²) < 4.78 is 10.7. The summed E-state index contributed by atoms with van der Waals surface area (Å²) in [4.78, 5) is 5.45. The lowest BCUT2D eigenvalue weighted by Gasteiger charge is -2.12. The summed E-state index contributed by atoms with van der Waals surface area (Å²) in [6.45, 7) is 7.94. The second kappa shape index (κ2) is 11.2. The molecule has 1 atom stereocenters. The minimum Gasteiger partial charge on any atom is -0.389 e. The molecule has 116 valence electrons. The molecule has 1 unspecified atom stereocenters. The van der Waals surface area contributed by atoms with Gasteiger partial charge in [-0.05, 0) is 26.8 Å². The summed E-state index contributed by atoms with van der Waals surface area (Å²) in [5.41, 5.74) is 2.93. The monoisotopic (exact) mass is 302 g/mol. The predicted molar refractivity (Wildman–Crippen MR) is 81.4 cm³/mol. The smallest absolute Gasteiger partial charge is 0.0897 e. The van der Waals surface area contributed by atoms with Crippen molar-refractivity contribution in [3.05, 3.63) is 16.1 Å². The first-order valence-electron chi connectivity index (χ1n) is 7.17.